The fraction of sp³-hybridized carbons (Fsp3) is 0.423. The predicted octanol–water partition coefficient (Wildman–Crippen LogP) is 10.8. The van der Waals surface area contributed by atoms with Crippen molar-refractivity contribution in [3.05, 3.63) is 103 Å². The number of H-pyrrole nitrogens is 3. The summed E-state index contributed by atoms with van der Waals surface area (Å²) >= 11 is 16.6. The lowest BCUT2D eigenvalue weighted by Crippen LogP contribution is -2.43. The number of esters is 1. The number of amides is 3. The molecule has 0 saturated carbocycles. The molecule has 3 aliphatic rings. The van der Waals surface area contributed by atoms with Gasteiger partial charge >= 0.3 is 24.2 Å². The number of aldehydes is 1. The van der Waals surface area contributed by atoms with Gasteiger partial charge < -0.3 is 55.7 Å². The largest absolute Gasteiger partial charge is 0.477 e. The van der Waals surface area contributed by atoms with Gasteiger partial charge in [-0.3, -0.25) is 19.2 Å². The maximum Gasteiger partial charge on any atom is 0.446 e. The Balaban J connectivity index is 0.000000205. The number of nitrogens with two attached hydrogens (primary N) is 1. The number of ether oxygens (including phenoxy) is 2. The fourth-order valence-corrected chi connectivity index (χ4v) is 8.82. The number of fused-ring (bicyclic) bond motifs is 3. The SMILES string of the molecule is CC(C)(C)OC(=O)C[C@H]1CN(C(=O)c2cc3cc(Cl)c(F)c(F)c3[nH]2)C[C@H]1F.CC(C)(C)OC(=O)N[C@H]1CNC[C@H]1F.N[C@H]1CN(C(=O)c2cc3cc(Cl)c(F)c(F)c3[nH]2)C[C@H]1F.O=C(O)c1cc2cc(Cl)c(F)c(F)c2[nH]1.O=CC(F)(F)F. The molecule has 3 amide bonds. The molecule has 6 aromatic rings. The molecule has 0 spiro atoms. The Morgan fingerprint density at radius 1 is 0.619 bits per heavy atom. The summed E-state index contributed by atoms with van der Waals surface area (Å²) in [6, 6.07) is 6.26. The van der Waals surface area contributed by atoms with E-state index >= 15 is 0 Å². The third-order valence-electron chi connectivity index (χ3n) is 12.0. The monoisotopic (exact) mass is 1270 g/mol. The molecule has 17 nitrogen and oxygen atoms in total. The first-order chi connectivity index (χ1) is 38.8. The van der Waals surface area contributed by atoms with Crippen LogP contribution in [0.25, 0.3) is 32.7 Å². The van der Waals surface area contributed by atoms with Crippen molar-refractivity contribution >= 4 is 104 Å². The number of benzene rings is 3. The molecule has 8 N–H and O–H groups in total. The highest BCUT2D eigenvalue weighted by molar-refractivity contribution is 6.32. The summed E-state index contributed by atoms with van der Waals surface area (Å²) in [7, 11) is 0. The molecule has 3 aromatic heterocycles. The van der Waals surface area contributed by atoms with E-state index in [0.717, 1.165) is 6.07 Å². The number of carbonyl (C=O) groups excluding carboxylic acids is 5. The van der Waals surface area contributed by atoms with Gasteiger partial charge in [0.15, 0.2) is 34.9 Å². The van der Waals surface area contributed by atoms with Gasteiger partial charge in [0.25, 0.3) is 11.8 Å². The molecule has 0 unspecified atom stereocenters. The van der Waals surface area contributed by atoms with Crippen LogP contribution in [-0.2, 0) is 19.1 Å². The first-order valence-electron chi connectivity index (χ1n) is 24.7. The lowest BCUT2D eigenvalue weighted by molar-refractivity contribution is -0.156. The molecule has 32 heteroatoms. The summed E-state index contributed by atoms with van der Waals surface area (Å²) in [4.78, 5) is 77.1. The number of aromatic carboxylic acids is 1. The fourth-order valence-electron chi connectivity index (χ4n) is 8.22. The smallest absolute Gasteiger partial charge is 0.446 e. The summed E-state index contributed by atoms with van der Waals surface area (Å²) in [6.07, 6.45) is -10.1. The van der Waals surface area contributed by atoms with E-state index in [1.54, 1.807) is 41.5 Å². The third-order valence-corrected chi connectivity index (χ3v) is 12.8. The molecule has 9 rings (SSSR count). The van der Waals surface area contributed by atoms with Crippen LogP contribution in [0.2, 0.25) is 15.1 Å². The van der Waals surface area contributed by atoms with Crippen molar-refractivity contribution in [2.75, 3.05) is 39.3 Å². The van der Waals surface area contributed by atoms with Gasteiger partial charge in [-0.05, 0) is 77.9 Å². The normalized spacial score (nSPS) is 19.5. The number of nitrogens with one attached hydrogen (secondary N) is 5. The average molecular weight is 1270 g/mol. The number of carboxylic acids is 1. The second-order valence-electron chi connectivity index (χ2n) is 21.0. The number of halogens is 15. The van der Waals surface area contributed by atoms with E-state index < -0.39 is 130 Å². The first-order valence-corrected chi connectivity index (χ1v) is 25.9. The number of carboxylic acid groups (broad SMARTS) is 1. The minimum atomic E-state index is -4.64. The van der Waals surface area contributed by atoms with Crippen LogP contribution in [0.1, 0.15) is 79.4 Å². The van der Waals surface area contributed by atoms with Crippen molar-refractivity contribution in [3.63, 3.8) is 0 Å². The van der Waals surface area contributed by atoms with E-state index in [-0.39, 0.29) is 92.4 Å². The number of hydrogen-bond donors (Lipinski definition) is 7. The second kappa shape index (κ2) is 27.4. The molecule has 0 bridgehead atoms. The summed E-state index contributed by atoms with van der Waals surface area (Å²) in [5.41, 5.74) is 3.56. The first kappa shape index (κ1) is 67.8. The number of nitrogens with zero attached hydrogens (tertiary/aromatic N) is 2. The number of likely N-dealkylation sites (tertiary alicyclic amines) is 2. The minimum Gasteiger partial charge on any atom is -0.477 e. The molecule has 460 valence electrons. The maximum atomic E-state index is 14.3. The van der Waals surface area contributed by atoms with Crippen LogP contribution in [-0.4, -0.2) is 153 Å². The molecule has 0 aliphatic carbocycles. The topological polar surface area (TPSA) is 245 Å². The van der Waals surface area contributed by atoms with Gasteiger partial charge in [-0.1, -0.05) is 34.8 Å². The maximum absolute atomic E-state index is 14.3. The lowest BCUT2D eigenvalue weighted by atomic mass is 10.0. The number of alkyl halides is 6. The van der Waals surface area contributed by atoms with E-state index in [4.69, 9.17) is 59.9 Å². The molecule has 6 atom stereocenters. The van der Waals surface area contributed by atoms with E-state index in [0.29, 0.717) is 13.1 Å². The van der Waals surface area contributed by atoms with Crippen LogP contribution in [0.3, 0.4) is 0 Å². The van der Waals surface area contributed by atoms with Crippen molar-refractivity contribution in [2.24, 2.45) is 11.7 Å². The van der Waals surface area contributed by atoms with Gasteiger partial charge in [0, 0.05) is 48.3 Å². The number of hydrogen-bond acceptors (Lipinski definition) is 10. The lowest BCUT2D eigenvalue weighted by Gasteiger charge is -2.22. The van der Waals surface area contributed by atoms with Crippen LogP contribution < -0.4 is 16.4 Å². The minimum absolute atomic E-state index is 0.0133. The van der Waals surface area contributed by atoms with Gasteiger partial charge in [0.1, 0.15) is 46.8 Å². The van der Waals surface area contributed by atoms with Crippen molar-refractivity contribution in [1.82, 2.24) is 35.4 Å². The Bertz CT molecular complexity index is 3410. The van der Waals surface area contributed by atoms with Gasteiger partial charge in [-0.15, -0.1) is 0 Å². The predicted molar refractivity (Wildman–Crippen MR) is 283 cm³/mol. The van der Waals surface area contributed by atoms with Crippen LogP contribution in [0, 0.1) is 40.8 Å². The number of aromatic amines is 3. The molecule has 0 radical (unpaired) electrons. The number of carbonyl (C=O) groups is 6. The molecule has 84 heavy (non-hydrogen) atoms. The Kier molecular flexibility index (Phi) is 22.1. The standard InChI is InChI=1S/C19H20ClF3N2O3.C13H11ClF3N3O.C9H4ClF2NO2.C9H17FN2O2.C2HF3O/c1-19(2,3)28-14(26)6-10-7-25(8-12(10)21)18(27)13-5-9-4-11(20)15(22)16(23)17(9)24-13;14-6-1-5-2-9(19-12(5)11(17)10(6)16)13(21)20-3-7(15)8(18)4-20;10-4-1-3-2-5(9(14)15)13-8(3)7(12)6(4)11;1-9(2,3)14-8(13)12-7-5-11-4-6(7)10;3-2(4,5)1-6/h4-5,10,12,24H,6-8H2,1-3H3;1-2,7-8,19H,3-4,18H2;1-2,13H,(H,14,15);6-7,11H,4-5H2,1-3H3,(H,12,13);1H/t10-,12+;7-,8+;;6-,7+;/m01.1./s1. The Morgan fingerprint density at radius 2 is 1.01 bits per heavy atom. The Morgan fingerprint density at radius 3 is 1.37 bits per heavy atom. The van der Waals surface area contributed by atoms with Crippen molar-refractivity contribution in [2.45, 2.75) is 95.9 Å². The molecular formula is C52H53Cl3F12N8O9. The van der Waals surface area contributed by atoms with Crippen LogP contribution in [0.15, 0.2) is 36.4 Å². The van der Waals surface area contributed by atoms with Gasteiger partial charge in [-0.2, -0.15) is 13.2 Å². The highest BCUT2D eigenvalue weighted by Crippen LogP contribution is 2.32. The van der Waals surface area contributed by atoms with Gasteiger partial charge in [0.05, 0.1) is 63.2 Å². The zero-order chi connectivity index (χ0) is 63.2. The molecular weight excluding hydrogens is 1210 g/mol. The quantitative estimate of drug-likeness (QED) is 0.0358. The molecule has 3 aromatic carbocycles. The van der Waals surface area contributed by atoms with E-state index in [2.05, 4.69) is 25.6 Å². The zero-order valence-corrected chi connectivity index (χ0v) is 47.1. The second-order valence-corrected chi connectivity index (χ2v) is 22.2. The van der Waals surface area contributed by atoms with Gasteiger partial charge in [-0.25, -0.2) is 49.1 Å². The highest BCUT2D eigenvalue weighted by Gasteiger charge is 2.39. The Hall–Kier alpha value is -6.95. The van der Waals surface area contributed by atoms with E-state index in [1.807, 2.05) is 0 Å². The van der Waals surface area contributed by atoms with Crippen molar-refractivity contribution in [1.29, 1.82) is 0 Å². The van der Waals surface area contributed by atoms with E-state index in [9.17, 15) is 76.7 Å². The summed E-state index contributed by atoms with van der Waals surface area (Å²) in [5, 5.41) is 13.5. The summed E-state index contributed by atoms with van der Waals surface area (Å²) < 4.78 is 163. The van der Waals surface area contributed by atoms with Crippen LogP contribution in [0.5, 0.6) is 0 Å². The van der Waals surface area contributed by atoms with Crippen LogP contribution >= 0.6 is 34.8 Å². The zero-order valence-electron chi connectivity index (χ0n) is 44.8. The van der Waals surface area contributed by atoms with Gasteiger partial charge in [0.2, 0.25) is 6.29 Å². The van der Waals surface area contributed by atoms with Crippen molar-refractivity contribution < 1.29 is 96.0 Å². The molecule has 3 fully saturated rings. The van der Waals surface area contributed by atoms with Crippen molar-refractivity contribution in [3.8, 4) is 0 Å². The highest BCUT2D eigenvalue weighted by atomic mass is 35.5. The average Bonchev–Trinajstić information content (AvgIpc) is 2.20. The number of rotatable bonds is 6. The summed E-state index contributed by atoms with van der Waals surface area (Å²) in [5.74, 6) is -10.7. The Labute approximate surface area is 483 Å². The molecule has 3 aliphatic heterocycles. The third kappa shape index (κ3) is 17.8. The van der Waals surface area contributed by atoms with E-state index in [1.165, 1.54) is 40.1 Å². The van der Waals surface area contributed by atoms with Crippen LogP contribution in [0.4, 0.5) is 57.5 Å². The molecule has 3 saturated heterocycles. The number of alkyl carbamates (subject to hydrolysis) is 1. The summed E-state index contributed by atoms with van der Waals surface area (Å²) in [6.45, 7) is 11.0. The number of aromatic nitrogens is 3. The molecule has 6 heterocycles.